The van der Waals surface area contributed by atoms with E-state index in [0.717, 1.165) is 19.4 Å². The van der Waals surface area contributed by atoms with Crippen LogP contribution in [0.5, 0.6) is 0 Å². The zero-order chi connectivity index (χ0) is 6.69. The summed E-state index contributed by atoms with van der Waals surface area (Å²) >= 11 is 0. The van der Waals surface area contributed by atoms with Crippen LogP contribution in [-0.2, 0) is 4.74 Å². The normalized spacial score (nSPS) is 35.6. The van der Waals surface area contributed by atoms with E-state index in [1.54, 1.807) is 0 Å². The third kappa shape index (κ3) is 1.69. The number of nitriles is 1. The highest BCUT2D eigenvalue weighted by Gasteiger charge is 2.16. The van der Waals surface area contributed by atoms with Crippen LogP contribution in [-0.4, -0.2) is 12.7 Å². The lowest BCUT2D eigenvalue weighted by atomic mass is 10.0. The molecule has 0 aromatic heterocycles. The molecule has 1 rings (SSSR count). The molecule has 0 bridgehead atoms. The maximum absolute atomic E-state index is 8.40. The van der Waals surface area contributed by atoms with Gasteiger partial charge in [-0.05, 0) is 18.8 Å². The lowest BCUT2D eigenvalue weighted by Crippen LogP contribution is -2.22. The first-order valence-electron chi connectivity index (χ1n) is 3.34. The summed E-state index contributed by atoms with van der Waals surface area (Å²) in [5.41, 5.74) is 0. The summed E-state index contributed by atoms with van der Waals surface area (Å²) in [6.07, 6.45) is 1.93. The molecule has 0 amide bonds. The van der Waals surface area contributed by atoms with Crippen LogP contribution in [0.2, 0.25) is 0 Å². The van der Waals surface area contributed by atoms with Gasteiger partial charge in [0, 0.05) is 0 Å². The van der Waals surface area contributed by atoms with Crippen molar-refractivity contribution in [1.29, 1.82) is 5.26 Å². The van der Waals surface area contributed by atoms with Gasteiger partial charge in [0.15, 0.2) is 0 Å². The van der Waals surface area contributed by atoms with E-state index in [4.69, 9.17) is 10.00 Å². The van der Waals surface area contributed by atoms with Crippen molar-refractivity contribution in [3.05, 3.63) is 0 Å². The fourth-order valence-corrected chi connectivity index (χ4v) is 0.985. The highest BCUT2D eigenvalue weighted by molar-refractivity contribution is 4.86. The number of hydrogen-bond acceptors (Lipinski definition) is 2. The third-order valence-electron chi connectivity index (χ3n) is 1.65. The summed E-state index contributed by atoms with van der Waals surface area (Å²) in [6.45, 7) is 2.91. The highest BCUT2D eigenvalue weighted by Crippen LogP contribution is 2.16. The van der Waals surface area contributed by atoms with Crippen molar-refractivity contribution in [1.82, 2.24) is 0 Å². The van der Waals surface area contributed by atoms with E-state index in [9.17, 15) is 0 Å². The Morgan fingerprint density at radius 2 is 2.33 bits per heavy atom. The third-order valence-corrected chi connectivity index (χ3v) is 1.65. The topological polar surface area (TPSA) is 33.0 Å². The van der Waals surface area contributed by atoms with Gasteiger partial charge in [-0.3, -0.25) is 0 Å². The van der Waals surface area contributed by atoms with Gasteiger partial charge in [-0.1, -0.05) is 6.92 Å². The van der Waals surface area contributed by atoms with Gasteiger partial charge in [0.2, 0.25) is 0 Å². The van der Waals surface area contributed by atoms with Crippen molar-refractivity contribution in [2.75, 3.05) is 6.61 Å². The van der Waals surface area contributed by atoms with E-state index in [1.165, 1.54) is 0 Å². The minimum Gasteiger partial charge on any atom is -0.363 e. The molecule has 9 heavy (non-hydrogen) atoms. The van der Waals surface area contributed by atoms with Crippen molar-refractivity contribution >= 4 is 0 Å². The van der Waals surface area contributed by atoms with Crippen LogP contribution >= 0.6 is 0 Å². The number of nitrogens with zero attached hydrogens (tertiary/aromatic N) is 1. The Bertz CT molecular complexity index is 119. The van der Waals surface area contributed by atoms with E-state index in [1.807, 2.05) is 0 Å². The molecule has 0 N–H and O–H groups in total. The minimum absolute atomic E-state index is 0.124. The maximum Gasteiger partial charge on any atom is 0.144 e. The van der Waals surface area contributed by atoms with Gasteiger partial charge in [-0.2, -0.15) is 5.26 Å². The highest BCUT2D eigenvalue weighted by atomic mass is 16.5. The van der Waals surface area contributed by atoms with Gasteiger partial charge < -0.3 is 4.74 Å². The molecule has 2 heteroatoms. The van der Waals surface area contributed by atoms with Crippen molar-refractivity contribution in [2.24, 2.45) is 5.92 Å². The Labute approximate surface area is 55.4 Å². The smallest absolute Gasteiger partial charge is 0.144 e. The fraction of sp³-hybridized carbons (Fsp3) is 0.857. The van der Waals surface area contributed by atoms with Crippen LogP contribution in [0.15, 0.2) is 0 Å². The second-order valence-corrected chi connectivity index (χ2v) is 2.63. The van der Waals surface area contributed by atoms with E-state index >= 15 is 0 Å². The predicted octanol–water partition coefficient (Wildman–Crippen LogP) is 1.33. The molecule has 0 aromatic carbocycles. The van der Waals surface area contributed by atoms with Crippen LogP contribution < -0.4 is 0 Å². The molecular weight excluding hydrogens is 114 g/mol. The quantitative estimate of drug-likeness (QED) is 0.489. The zero-order valence-electron chi connectivity index (χ0n) is 5.63. The van der Waals surface area contributed by atoms with Crippen LogP contribution in [0.3, 0.4) is 0 Å². The molecule has 0 spiro atoms. The first-order chi connectivity index (χ1) is 4.33. The lowest BCUT2D eigenvalue weighted by Gasteiger charge is -2.21. The second-order valence-electron chi connectivity index (χ2n) is 2.63. The van der Waals surface area contributed by atoms with Gasteiger partial charge in [0.25, 0.3) is 0 Å². The van der Waals surface area contributed by atoms with Crippen molar-refractivity contribution in [3.63, 3.8) is 0 Å². The van der Waals surface area contributed by atoms with Crippen molar-refractivity contribution < 1.29 is 4.74 Å². The molecule has 1 saturated heterocycles. The van der Waals surface area contributed by atoms with Gasteiger partial charge >= 0.3 is 0 Å². The zero-order valence-corrected chi connectivity index (χ0v) is 5.63. The molecule has 0 aromatic rings. The standard InChI is InChI=1S/C7H11NO/c1-6-2-3-7(4-8)9-5-6/h6-7H,2-3,5H2,1H3. The molecule has 0 radical (unpaired) electrons. The van der Waals surface area contributed by atoms with Gasteiger partial charge in [0.05, 0.1) is 12.7 Å². The Hall–Kier alpha value is -0.550. The van der Waals surface area contributed by atoms with E-state index in [2.05, 4.69) is 13.0 Å². The molecule has 1 heterocycles. The monoisotopic (exact) mass is 125 g/mol. The summed E-state index contributed by atoms with van der Waals surface area (Å²) in [4.78, 5) is 0. The van der Waals surface area contributed by atoms with Gasteiger partial charge in [-0.15, -0.1) is 0 Å². The van der Waals surface area contributed by atoms with Crippen LogP contribution in [0.25, 0.3) is 0 Å². The summed E-state index contributed by atoms with van der Waals surface area (Å²) in [6, 6.07) is 2.10. The number of ether oxygens (including phenoxy) is 1. The maximum atomic E-state index is 8.40. The summed E-state index contributed by atoms with van der Waals surface area (Å²) in [5.74, 6) is 0.648. The number of hydrogen-bond donors (Lipinski definition) is 0. The van der Waals surface area contributed by atoms with Gasteiger partial charge in [-0.25, -0.2) is 0 Å². The molecule has 50 valence electrons. The molecule has 1 fully saturated rings. The van der Waals surface area contributed by atoms with Crippen LogP contribution in [0.1, 0.15) is 19.8 Å². The Morgan fingerprint density at radius 3 is 2.78 bits per heavy atom. The summed E-state index contributed by atoms with van der Waals surface area (Å²) < 4.78 is 5.18. The first kappa shape index (κ1) is 6.57. The molecular formula is C7H11NO. The Morgan fingerprint density at radius 1 is 1.56 bits per heavy atom. The average Bonchev–Trinajstić information content (AvgIpc) is 1.90. The van der Waals surface area contributed by atoms with Gasteiger partial charge in [0.1, 0.15) is 6.10 Å². The van der Waals surface area contributed by atoms with E-state index in [0.29, 0.717) is 5.92 Å². The first-order valence-corrected chi connectivity index (χ1v) is 3.34. The predicted molar refractivity (Wildman–Crippen MR) is 33.8 cm³/mol. The number of rotatable bonds is 0. The summed E-state index contributed by atoms with van der Waals surface area (Å²) in [7, 11) is 0. The summed E-state index contributed by atoms with van der Waals surface area (Å²) in [5, 5.41) is 8.40. The molecule has 1 aliphatic heterocycles. The molecule has 2 nitrogen and oxygen atoms in total. The van der Waals surface area contributed by atoms with Crippen molar-refractivity contribution in [2.45, 2.75) is 25.9 Å². The molecule has 0 saturated carbocycles. The average molecular weight is 125 g/mol. The molecule has 0 aliphatic carbocycles. The molecule has 2 unspecified atom stereocenters. The molecule has 1 aliphatic rings. The Balaban J connectivity index is 2.28. The molecule has 2 atom stereocenters. The Kier molecular flexibility index (Phi) is 2.07. The van der Waals surface area contributed by atoms with Crippen molar-refractivity contribution in [3.8, 4) is 6.07 Å². The SMILES string of the molecule is CC1CCC(C#N)OC1. The van der Waals surface area contributed by atoms with Crippen LogP contribution in [0, 0.1) is 17.2 Å². The van der Waals surface area contributed by atoms with E-state index < -0.39 is 0 Å². The largest absolute Gasteiger partial charge is 0.363 e. The van der Waals surface area contributed by atoms with Crippen LogP contribution in [0.4, 0.5) is 0 Å². The fourth-order valence-electron chi connectivity index (χ4n) is 0.985. The lowest BCUT2D eigenvalue weighted by molar-refractivity contribution is 0.0207. The van der Waals surface area contributed by atoms with E-state index in [-0.39, 0.29) is 6.10 Å². The minimum atomic E-state index is -0.124. The second kappa shape index (κ2) is 2.84.